The highest BCUT2D eigenvalue weighted by Crippen LogP contribution is 2.17. The van der Waals surface area contributed by atoms with Crippen LogP contribution in [-0.4, -0.2) is 67.0 Å². The van der Waals surface area contributed by atoms with Crippen molar-refractivity contribution in [3.05, 3.63) is 0 Å². The highest BCUT2D eigenvalue weighted by atomic mass is 35.5. The molecule has 0 aromatic heterocycles. The Balaban J connectivity index is 0.00000108. The maximum Gasteiger partial charge on any atom is 0.317 e. The highest BCUT2D eigenvalue weighted by Gasteiger charge is 2.39. The first-order valence-corrected chi connectivity index (χ1v) is 5.79. The number of fused-ring (bicyclic) bond motifs is 1. The molecule has 0 spiro atoms. The van der Waals surface area contributed by atoms with E-state index in [2.05, 4.69) is 10.6 Å². The summed E-state index contributed by atoms with van der Waals surface area (Å²) in [4.78, 5) is 27.1. The summed E-state index contributed by atoms with van der Waals surface area (Å²) in [6, 6.07) is 0.195. The van der Waals surface area contributed by atoms with Crippen molar-refractivity contribution in [2.24, 2.45) is 5.92 Å². The van der Waals surface area contributed by atoms with Crippen molar-refractivity contribution in [2.75, 3.05) is 39.3 Å². The minimum Gasteiger partial charge on any atom is -0.338 e. The van der Waals surface area contributed by atoms with E-state index in [1.54, 1.807) is 0 Å². The van der Waals surface area contributed by atoms with E-state index in [1.807, 2.05) is 9.80 Å². The molecular formula is C10H17ClN4O2. The van der Waals surface area contributed by atoms with Crippen LogP contribution < -0.4 is 10.6 Å². The summed E-state index contributed by atoms with van der Waals surface area (Å²) in [7, 11) is 0. The van der Waals surface area contributed by atoms with E-state index in [1.165, 1.54) is 0 Å². The van der Waals surface area contributed by atoms with Crippen LogP contribution in [0.3, 0.4) is 0 Å². The second-order valence-corrected chi connectivity index (χ2v) is 4.67. The monoisotopic (exact) mass is 260 g/mol. The van der Waals surface area contributed by atoms with Crippen molar-refractivity contribution in [1.29, 1.82) is 0 Å². The molecule has 3 heterocycles. The van der Waals surface area contributed by atoms with E-state index < -0.39 is 0 Å². The number of hydrogen-bond donors (Lipinski definition) is 2. The smallest absolute Gasteiger partial charge is 0.317 e. The summed E-state index contributed by atoms with van der Waals surface area (Å²) >= 11 is 0. The molecule has 3 fully saturated rings. The Morgan fingerprint density at radius 2 is 2.00 bits per heavy atom. The van der Waals surface area contributed by atoms with Crippen LogP contribution in [0.1, 0.15) is 0 Å². The number of carbonyl (C=O) groups is 2. The van der Waals surface area contributed by atoms with Gasteiger partial charge in [0.25, 0.3) is 0 Å². The summed E-state index contributed by atoms with van der Waals surface area (Å²) in [5.41, 5.74) is 0. The molecule has 0 saturated carbocycles. The van der Waals surface area contributed by atoms with E-state index in [9.17, 15) is 9.59 Å². The van der Waals surface area contributed by atoms with Crippen molar-refractivity contribution in [2.45, 2.75) is 6.04 Å². The quantitative estimate of drug-likeness (QED) is 0.627. The normalized spacial score (nSPS) is 28.0. The fraction of sp³-hybridized carbons (Fsp3) is 0.800. The predicted molar refractivity (Wildman–Crippen MR) is 64.1 cm³/mol. The third-order valence-corrected chi connectivity index (χ3v) is 3.67. The van der Waals surface area contributed by atoms with Crippen molar-refractivity contribution in [1.82, 2.24) is 20.4 Å². The standard InChI is InChI=1S/C10H16N4O2.ClH/c15-9(7-3-11-4-7)13-1-2-14-8(6-13)5-12-10(14)16;/h7-8,11H,1-6H2,(H,12,16);1H. The molecule has 3 amide bonds. The average Bonchev–Trinajstić information content (AvgIpc) is 2.57. The molecule has 0 radical (unpaired) electrons. The van der Waals surface area contributed by atoms with Crippen LogP contribution in [-0.2, 0) is 4.79 Å². The summed E-state index contributed by atoms with van der Waals surface area (Å²) < 4.78 is 0. The molecule has 3 aliphatic rings. The lowest BCUT2D eigenvalue weighted by Gasteiger charge is -2.39. The van der Waals surface area contributed by atoms with Crippen molar-refractivity contribution >= 4 is 24.3 Å². The summed E-state index contributed by atoms with van der Waals surface area (Å²) in [5, 5.41) is 5.93. The Kier molecular flexibility index (Phi) is 3.44. The fourth-order valence-corrected chi connectivity index (χ4v) is 2.53. The van der Waals surface area contributed by atoms with E-state index in [-0.39, 0.29) is 36.3 Å². The van der Waals surface area contributed by atoms with Crippen molar-refractivity contribution in [3.63, 3.8) is 0 Å². The zero-order valence-corrected chi connectivity index (χ0v) is 10.3. The molecule has 3 saturated heterocycles. The number of halogens is 1. The number of nitrogens with zero attached hydrogens (tertiary/aromatic N) is 2. The summed E-state index contributed by atoms with van der Waals surface area (Å²) in [6.45, 7) is 4.32. The van der Waals surface area contributed by atoms with Gasteiger partial charge < -0.3 is 20.4 Å². The number of amides is 3. The molecule has 1 atom stereocenters. The van der Waals surface area contributed by atoms with Gasteiger partial charge in [-0.25, -0.2) is 4.79 Å². The Bertz CT molecular complexity index is 334. The van der Waals surface area contributed by atoms with Gasteiger partial charge in [0, 0.05) is 39.3 Å². The number of nitrogens with one attached hydrogen (secondary N) is 2. The van der Waals surface area contributed by atoms with Crippen LogP contribution >= 0.6 is 12.4 Å². The molecule has 0 aromatic carbocycles. The van der Waals surface area contributed by atoms with Crippen molar-refractivity contribution in [3.8, 4) is 0 Å². The molecule has 0 aromatic rings. The number of carbonyl (C=O) groups excluding carboxylic acids is 2. The van der Waals surface area contributed by atoms with Gasteiger partial charge in [0.15, 0.2) is 0 Å². The lowest BCUT2D eigenvalue weighted by Crippen LogP contribution is -2.59. The van der Waals surface area contributed by atoms with Crippen LogP contribution in [0.15, 0.2) is 0 Å². The molecule has 17 heavy (non-hydrogen) atoms. The van der Waals surface area contributed by atoms with Gasteiger partial charge in [-0.3, -0.25) is 4.79 Å². The van der Waals surface area contributed by atoms with Gasteiger partial charge in [0.05, 0.1) is 12.0 Å². The van der Waals surface area contributed by atoms with Gasteiger partial charge in [0.2, 0.25) is 5.91 Å². The number of hydrogen-bond acceptors (Lipinski definition) is 3. The SMILES string of the molecule is Cl.O=C(C1CNC1)N1CCN2C(=O)NCC2C1. The van der Waals surface area contributed by atoms with Crippen molar-refractivity contribution < 1.29 is 9.59 Å². The maximum atomic E-state index is 12.0. The first-order valence-electron chi connectivity index (χ1n) is 5.79. The third-order valence-electron chi connectivity index (χ3n) is 3.67. The first-order chi connectivity index (χ1) is 7.75. The van der Waals surface area contributed by atoms with E-state index in [0.717, 1.165) is 13.1 Å². The van der Waals surface area contributed by atoms with Gasteiger partial charge in [0.1, 0.15) is 0 Å². The molecule has 7 heteroatoms. The zero-order valence-electron chi connectivity index (χ0n) is 9.52. The van der Waals surface area contributed by atoms with Crippen LogP contribution in [0.4, 0.5) is 4.79 Å². The molecule has 3 aliphatic heterocycles. The highest BCUT2D eigenvalue weighted by molar-refractivity contribution is 5.85. The summed E-state index contributed by atoms with van der Waals surface area (Å²) in [6.07, 6.45) is 0. The van der Waals surface area contributed by atoms with Gasteiger partial charge in [-0.15, -0.1) is 12.4 Å². The average molecular weight is 261 g/mol. The fourth-order valence-electron chi connectivity index (χ4n) is 2.53. The Morgan fingerprint density at radius 3 is 2.65 bits per heavy atom. The van der Waals surface area contributed by atoms with Gasteiger partial charge in [-0.1, -0.05) is 0 Å². The molecule has 3 rings (SSSR count). The first kappa shape index (κ1) is 12.4. The maximum absolute atomic E-state index is 12.0. The van der Waals surface area contributed by atoms with Crippen LogP contribution in [0.25, 0.3) is 0 Å². The second-order valence-electron chi connectivity index (χ2n) is 4.67. The predicted octanol–water partition coefficient (Wildman–Crippen LogP) is -1.14. The molecule has 1 unspecified atom stereocenters. The Labute approximate surface area is 106 Å². The third kappa shape index (κ3) is 2.07. The lowest BCUT2D eigenvalue weighted by atomic mass is 10.0. The Morgan fingerprint density at radius 1 is 1.24 bits per heavy atom. The molecule has 0 bridgehead atoms. The second kappa shape index (κ2) is 4.70. The Hall–Kier alpha value is -1.01. The minimum atomic E-state index is 0. The number of urea groups is 1. The van der Waals surface area contributed by atoms with E-state index in [4.69, 9.17) is 0 Å². The van der Waals surface area contributed by atoms with Gasteiger partial charge in [-0.05, 0) is 0 Å². The molecular weight excluding hydrogens is 244 g/mol. The van der Waals surface area contributed by atoms with Gasteiger partial charge in [-0.2, -0.15) is 0 Å². The molecule has 2 N–H and O–H groups in total. The number of rotatable bonds is 1. The van der Waals surface area contributed by atoms with Crippen LogP contribution in [0.2, 0.25) is 0 Å². The summed E-state index contributed by atoms with van der Waals surface area (Å²) in [5.74, 6) is 0.411. The van der Waals surface area contributed by atoms with E-state index in [0.29, 0.717) is 26.2 Å². The molecule has 0 aliphatic carbocycles. The minimum absolute atomic E-state index is 0. The number of piperazine rings is 1. The van der Waals surface area contributed by atoms with Crippen LogP contribution in [0.5, 0.6) is 0 Å². The van der Waals surface area contributed by atoms with Crippen LogP contribution in [0, 0.1) is 5.92 Å². The zero-order chi connectivity index (χ0) is 11.1. The molecule has 96 valence electrons. The molecule has 6 nitrogen and oxygen atoms in total. The topological polar surface area (TPSA) is 64.7 Å². The van der Waals surface area contributed by atoms with Gasteiger partial charge >= 0.3 is 6.03 Å². The van der Waals surface area contributed by atoms with E-state index >= 15 is 0 Å². The largest absolute Gasteiger partial charge is 0.338 e. The lowest BCUT2D eigenvalue weighted by molar-refractivity contribution is -0.139.